The summed E-state index contributed by atoms with van der Waals surface area (Å²) in [7, 11) is 0. The Kier molecular flexibility index (Phi) is 4.13. The molecular weight excluding hydrogens is 306 g/mol. The maximum atomic E-state index is 13.0. The molecule has 1 N–H and O–H groups in total. The van der Waals surface area contributed by atoms with Crippen molar-refractivity contribution in [2.45, 2.75) is 39.8 Å². The van der Waals surface area contributed by atoms with Crippen LogP contribution in [0.4, 0.5) is 0 Å². The van der Waals surface area contributed by atoms with E-state index in [9.17, 15) is 14.7 Å². The van der Waals surface area contributed by atoms with Crippen LogP contribution < -0.4 is 0 Å². The van der Waals surface area contributed by atoms with Crippen LogP contribution in [0, 0.1) is 13.8 Å². The minimum atomic E-state index is -0.905. The van der Waals surface area contributed by atoms with Gasteiger partial charge >= 0.3 is 5.97 Å². The van der Waals surface area contributed by atoms with Crippen molar-refractivity contribution in [1.29, 1.82) is 0 Å². The second-order valence-electron chi connectivity index (χ2n) is 6.14. The van der Waals surface area contributed by atoms with E-state index in [0.29, 0.717) is 24.3 Å². The van der Waals surface area contributed by atoms with Gasteiger partial charge in [-0.1, -0.05) is 24.3 Å². The average Bonchev–Trinajstić information content (AvgIpc) is 2.86. The standard InChI is InChI=1S/C18H21N3O3/c1-4-21-12(3)16(11(2)19-21)17(22)20-9-13-7-5-6-8-14(13)15(10-20)18(23)24/h5-8,15H,4,9-10H2,1-3H3,(H,23,24). The van der Waals surface area contributed by atoms with Crippen LogP contribution in [-0.4, -0.2) is 38.2 Å². The molecule has 0 saturated heterocycles. The zero-order valence-corrected chi connectivity index (χ0v) is 14.1. The fourth-order valence-electron chi connectivity index (χ4n) is 3.45. The molecular formula is C18H21N3O3. The number of rotatable bonds is 3. The molecule has 1 amide bonds. The fraction of sp³-hybridized carbons (Fsp3) is 0.389. The van der Waals surface area contributed by atoms with E-state index in [1.54, 1.807) is 9.58 Å². The van der Waals surface area contributed by atoms with Gasteiger partial charge in [-0.25, -0.2) is 0 Å². The lowest BCUT2D eigenvalue weighted by Crippen LogP contribution is -2.41. The first-order valence-corrected chi connectivity index (χ1v) is 8.07. The second-order valence-corrected chi connectivity index (χ2v) is 6.14. The smallest absolute Gasteiger partial charge is 0.312 e. The second kappa shape index (κ2) is 6.11. The molecule has 0 saturated carbocycles. The molecule has 3 rings (SSSR count). The third kappa shape index (κ3) is 2.58. The summed E-state index contributed by atoms with van der Waals surface area (Å²) in [5.41, 5.74) is 3.78. The molecule has 6 nitrogen and oxygen atoms in total. The molecule has 6 heteroatoms. The predicted octanol–water partition coefficient (Wildman–Crippen LogP) is 2.34. The van der Waals surface area contributed by atoms with E-state index < -0.39 is 11.9 Å². The van der Waals surface area contributed by atoms with Gasteiger partial charge in [0.25, 0.3) is 5.91 Å². The zero-order chi connectivity index (χ0) is 17.4. The molecule has 0 spiro atoms. The summed E-state index contributed by atoms with van der Waals surface area (Å²) in [5.74, 6) is -1.75. The number of carbonyl (C=O) groups excluding carboxylic acids is 1. The number of carbonyl (C=O) groups is 2. The number of nitrogens with zero attached hydrogens (tertiary/aromatic N) is 3. The van der Waals surface area contributed by atoms with Crippen molar-refractivity contribution < 1.29 is 14.7 Å². The largest absolute Gasteiger partial charge is 0.481 e. The van der Waals surface area contributed by atoms with Gasteiger partial charge in [0.05, 0.1) is 17.2 Å². The summed E-state index contributed by atoms with van der Waals surface area (Å²) < 4.78 is 1.80. The van der Waals surface area contributed by atoms with Crippen LogP contribution in [0.15, 0.2) is 24.3 Å². The van der Waals surface area contributed by atoms with Gasteiger partial charge in [0.1, 0.15) is 0 Å². The lowest BCUT2D eigenvalue weighted by molar-refractivity contribution is -0.139. The van der Waals surface area contributed by atoms with Gasteiger partial charge in [-0.3, -0.25) is 14.3 Å². The highest BCUT2D eigenvalue weighted by molar-refractivity contribution is 5.97. The Bertz CT molecular complexity index is 810. The molecule has 1 unspecified atom stereocenters. The molecule has 0 fully saturated rings. The lowest BCUT2D eigenvalue weighted by Gasteiger charge is -2.33. The number of aryl methyl sites for hydroxylation is 2. The van der Waals surface area contributed by atoms with Gasteiger partial charge in [-0.2, -0.15) is 5.10 Å². The Balaban J connectivity index is 1.98. The number of hydrogen-bond donors (Lipinski definition) is 1. The fourth-order valence-corrected chi connectivity index (χ4v) is 3.45. The molecule has 1 aromatic heterocycles. The van der Waals surface area contributed by atoms with Crippen molar-refractivity contribution in [2.75, 3.05) is 6.54 Å². The van der Waals surface area contributed by atoms with Gasteiger partial charge < -0.3 is 10.0 Å². The van der Waals surface area contributed by atoms with Crippen molar-refractivity contribution in [3.8, 4) is 0 Å². The molecule has 0 bridgehead atoms. The van der Waals surface area contributed by atoms with E-state index in [2.05, 4.69) is 5.10 Å². The summed E-state index contributed by atoms with van der Waals surface area (Å²) in [6, 6.07) is 7.44. The third-order valence-corrected chi connectivity index (χ3v) is 4.67. The monoisotopic (exact) mass is 327 g/mol. The number of aromatic nitrogens is 2. The minimum Gasteiger partial charge on any atom is -0.481 e. The number of carboxylic acid groups (broad SMARTS) is 1. The molecule has 0 radical (unpaired) electrons. The highest BCUT2D eigenvalue weighted by atomic mass is 16.4. The van der Waals surface area contributed by atoms with E-state index in [1.165, 1.54) is 0 Å². The van der Waals surface area contributed by atoms with Gasteiger partial charge in [-0.15, -0.1) is 0 Å². The molecule has 1 atom stereocenters. The summed E-state index contributed by atoms with van der Waals surface area (Å²) in [4.78, 5) is 26.3. The first-order valence-electron chi connectivity index (χ1n) is 8.07. The summed E-state index contributed by atoms with van der Waals surface area (Å²) in [6.45, 7) is 6.98. The summed E-state index contributed by atoms with van der Waals surface area (Å²) in [6.07, 6.45) is 0. The molecule has 2 aromatic rings. The summed E-state index contributed by atoms with van der Waals surface area (Å²) in [5, 5.41) is 13.9. The number of amides is 1. The van der Waals surface area contributed by atoms with Crippen LogP contribution in [0.1, 0.15) is 45.7 Å². The van der Waals surface area contributed by atoms with Crippen LogP contribution in [0.2, 0.25) is 0 Å². The van der Waals surface area contributed by atoms with Crippen LogP contribution in [0.3, 0.4) is 0 Å². The van der Waals surface area contributed by atoms with Gasteiger partial charge in [0.2, 0.25) is 0 Å². The SMILES string of the molecule is CCn1nc(C)c(C(=O)N2Cc3ccccc3C(C(=O)O)C2)c1C. The van der Waals surface area contributed by atoms with Crippen molar-refractivity contribution in [3.63, 3.8) is 0 Å². The number of carboxylic acids is 1. The highest BCUT2D eigenvalue weighted by Gasteiger charge is 2.34. The number of fused-ring (bicyclic) bond motifs is 1. The molecule has 24 heavy (non-hydrogen) atoms. The molecule has 0 aliphatic carbocycles. The Morgan fingerprint density at radius 3 is 2.62 bits per heavy atom. The lowest BCUT2D eigenvalue weighted by atomic mass is 9.89. The average molecular weight is 327 g/mol. The Morgan fingerprint density at radius 1 is 1.29 bits per heavy atom. The summed E-state index contributed by atoms with van der Waals surface area (Å²) >= 11 is 0. The van der Waals surface area contributed by atoms with E-state index >= 15 is 0 Å². The van der Waals surface area contributed by atoms with Crippen LogP contribution in [0.25, 0.3) is 0 Å². The molecule has 1 aliphatic rings. The van der Waals surface area contributed by atoms with Crippen LogP contribution in [-0.2, 0) is 17.9 Å². The molecule has 126 valence electrons. The minimum absolute atomic E-state index is 0.148. The van der Waals surface area contributed by atoms with Crippen molar-refractivity contribution in [3.05, 3.63) is 52.3 Å². The predicted molar refractivity (Wildman–Crippen MR) is 88.9 cm³/mol. The van der Waals surface area contributed by atoms with Gasteiger partial charge in [-0.05, 0) is 31.9 Å². The number of hydrogen-bond acceptors (Lipinski definition) is 3. The van der Waals surface area contributed by atoms with E-state index in [1.807, 2.05) is 45.0 Å². The zero-order valence-electron chi connectivity index (χ0n) is 14.1. The molecule has 1 aliphatic heterocycles. The first kappa shape index (κ1) is 16.2. The Morgan fingerprint density at radius 2 is 2.00 bits per heavy atom. The maximum Gasteiger partial charge on any atom is 0.312 e. The van der Waals surface area contributed by atoms with Crippen molar-refractivity contribution in [1.82, 2.24) is 14.7 Å². The molecule has 1 aromatic carbocycles. The van der Waals surface area contributed by atoms with Gasteiger partial charge in [0, 0.05) is 25.3 Å². The number of benzene rings is 1. The topological polar surface area (TPSA) is 75.4 Å². The van der Waals surface area contributed by atoms with Crippen LogP contribution >= 0.6 is 0 Å². The third-order valence-electron chi connectivity index (χ3n) is 4.67. The maximum absolute atomic E-state index is 13.0. The molecule has 2 heterocycles. The Hall–Kier alpha value is -2.63. The normalized spacial score (nSPS) is 16.8. The first-order chi connectivity index (χ1) is 11.4. The quantitative estimate of drug-likeness (QED) is 0.939. The Labute approximate surface area is 140 Å². The van der Waals surface area contributed by atoms with Gasteiger partial charge in [0.15, 0.2) is 0 Å². The van der Waals surface area contributed by atoms with E-state index in [4.69, 9.17) is 0 Å². The number of aliphatic carboxylic acids is 1. The van der Waals surface area contributed by atoms with Crippen molar-refractivity contribution >= 4 is 11.9 Å². The highest BCUT2D eigenvalue weighted by Crippen LogP contribution is 2.30. The van der Waals surface area contributed by atoms with E-state index in [0.717, 1.165) is 16.8 Å². The van der Waals surface area contributed by atoms with Crippen molar-refractivity contribution in [2.24, 2.45) is 0 Å². The van der Waals surface area contributed by atoms with E-state index in [-0.39, 0.29) is 12.5 Å². The van der Waals surface area contributed by atoms with Crippen LogP contribution in [0.5, 0.6) is 0 Å².